The Morgan fingerprint density at radius 1 is 1.12 bits per heavy atom. The van der Waals surface area contributed by atoms with Crippen LogP contribution >= 0.6 is 0 Å². The Hall–Kier alpha value is -2.47. The maximum atomic E-state index is 12.6. The molecule has 24 heavy (non-hydrogen) atoms. The normalized spacial score (nSPS) is 23.3. The van der Waals surface area contributed by atoms with Crippen molar-refractivity contribution >= 4 is 17.5 Å². The number of para-hydroxylation sites is 1. The molecule has 1 saturated heterocycles. The van der Waals surface area contributed by atoms with Gasteiger partial charge >= 0.3 is 0 Å². The number of carbonyl (C=O) groups is 1. The number of amides is 1. The number of benzene rings is 1. The third kappa shape index (κ3) is 3.10. The van der Waals surface area contributed by atoms with E-state index in [4.69, 9.17) is 5.73 Å². The van der Waals surface area contributed by atoms with Gasteiger partial charge in [-0.15, -0.1) is 0 Å². The highest BCUT2D eigenvalue weighted by Crippen LogP contribution is 2.41. The van der Waals surface area contributed by atoms with Crippen LogP contribution in [0.2, 0.25) is 0 Å². The van der Waals surface area contributed by atoms with Crippen molar-refractivity contribution in [3.05, 3.63) is 48.3 Å². The fourth-order valence-corrected chi connectivity index (χ4v) is 3.38. The molecule has 0 unspecified atom stereocenters. The van der Waals surface area contributed by atoms with E-state index >= 15 is 0 Å². The first-order chi connectivity index (χ1) is 11.7. The van der Waals surface area contributed by atoms with Gasteiger partial charge in [0.05, 0.1) is 5.56 Å². The Labute approximate surface area is 141 Å². The molecule has 124 valence electrons. The zero-order chi connectivity index (χ0) is 16.5. The average Bonchev–Trinajstić information content (AvgIpc) is 3.38. The number of carbonyl (C=O) groups excluding carboxylic acids is 1. The highest BCUT2D eigenvalue weighted by Gasteiger charge is 2.42. The van der Waals surface area contributed by atoms with Gasteiger partial charge in [-0.1, -0.05) is 18.2 Å². The van der Waals surface area contributed by atoms with Crippen LogP contribution in [-0.4, -0.2) is 39.9 Å². The van der Waals surface area contributed by atoms with E-state index in [2.05, 4.69) is 15.3 Å². The van der Waals surface area contributed by atoms with Gasteiger partial charge in [-0.05, 0) is 36.8 Å². The Kier molecular flexibility index (Phi) is 3.90. The third-order valence-corrected chi connectivity index (χ3v) is 4.86. The standard InChI is InChI=1S/C18H21N5O/c19-16-11-23(10-15(16)12-6-7-12)17(24)13-8-20-18(21-9-13)22-14-4-2-1-3-5-14/h1-5,8-9,12,15-16H,6-7,10-11,19H2,(H,20,21,22)/t15-,16+/m1/s1. The van der Waals surface area contributed by atoms with Gasteiger partial charge in [-0.3, -0.25) is 4.79 Å². The van der Waals surface area contributed by atoms with Crippen molar-refractivity contribution in [2.75, 3.05) is 18.4 Å². The van der Waals surface area contributed by atoms with Gasteiger partial charge in [-0.25, -0.2) is 9.97 Å². The minimum atomic E-state index is -0.0279. The predicted molar refractivity (Wildman–Crippen MR) is 91.8 cm³/mol. The fourth-order valence-electron chi connectivity index (χ4n) is 3.38. The number of hydrogen-bond donors (Lipinski definition) is 2. The van der Waals surface area contributed by atoms with E-state index in [0.29, 0.717) is 29.9 Å². The van der Waals surface area contributed by atoms with Crippen LogP contribution in [-0.2, 0) is 0 Å². The number of hydrogen-bond acceptors (Lipinski definition) is 5. The first kappa shape index (κ1) is 15.1. The Balaban J connectivity index is 1.42. The summed E-state index contributed by atoms with van der Waals surface area (Å²) in [6.07, 6.45) is 5.67. The van der Waals surface area contributed by atoms with E-state index in [-0.39, 0.29) is 11.9 Å². The molecule has 0 bridgehead atoms. The average molecular weight is 323 g/mol. The van der Waals surface area contributed by atoms with Crippen LogP contribution in [0, 0.1) is 11.8 Å². The lowest BCUT2D eigenvalue weighted by Crippen LogP contribution is -2.32. The molecule has 0 radical (unpaired) electrons. The van der Waals surface area contributed by atoms with Crippen molar-refractivity contribution in [1.82, 2.24) is 14.9 Å². The molecule has 4 rings (SSSR count). The summed E-state index contributed by atoms with van der Waals surface area (Å²) in [5, 5.41) is 3.11. The monoisotopic (exact) mass is 323 g/mol. The molecule has 1 aromatic carbocycles. The molecule has 1 aliphatic heterocycles. The quantitative estimate of drug-likeness (QED) is 0.899. The predicted octanol–water partition coefficient (Wildman–Crippen LogP) is 2.03. The number of likely N-dealkylation sites (tertiary alicyclic amines) is 1. The maximum Gasteiger partial charge on any atom is 0.257 e. The Bertz CT molecular complexity index is 714. The van der Waals surface area contributed by atoms with Crippen LogP contribution in [0.1, 0.15) is 23.2 Å². The Morgan fingerprint density at radius 3 is 2.50 bits per heavy atom. The number of rotatable bonds is 4. The van der Waals surface area contributed by atoms with E-state index in [1.807, 2.05) is 35.2 Å². The topological polar surface area (TPSA) is 84.1 Å². The number of nitrogens with two attached hydrogens (primary N) is 1. The van der Waals surface area contributed by atoms with Crippen LogP contribution in [0.4, 0.5) is 11.6 Å². The summed E-state index contributed by atoms with van der Waals surface area (Å²) in [6, 6.07) is 9.79. The van der Waals surface area contributed by atoms with Crippen LogP contribution < -0.4 is 11.1 Å². The number of aromatic nitrogens is 2. The molecule has 6 nitrogen and oxygen atoms in total. The number of anilines is 2. The Morgan fingerprint density at radius 2 is 1.83 bits per heavy atom. The summed E-state index contributed by atoms with van der Waals surface area (Å²) in [7, 11) is 0. The number of nitrogens with zero attached hydrogens (tertiary/aromatic N) is 3. The second kappa shape index (κ2) is 6.20. The van der Waals surface area contributed by atoms with Crippen molar-refractivity contribution < 1.29 is 4.79 Å². The van der Waals surface area contributed by atoms with Crippen molar-refractivity contribution in [2.45, 2.75) is 18.9 Å². The van der Waals surface area contributed by atoms with Crippen molar-refractivity contribution in [1.29, 1.82) is 0 Å². The molecule has 1 amide bonds. The summed E-state index contributed by atoms with van der Waals surface area (Å²) >= 11 is 0. The van der Waals surface area contributed by atoms with Gasteiger partial charge in [0, 0.05) is 37.2 Å². The zero-order valence-electron chi connectivity index (χ0n) is 13.4. The van der Waals surface area contributed by atoms with Gasteiger partial charge in [-0.2, -0.15) is 0 Å². The summed E-state index contributed by atoms with van der Waals surface area (Å²) in [6.45, 7) is 1.39. The van der Waals surface area contributed by atoms with E-state index < -0.39 is 0 Å². The van der Waals surface area contributed by atoms with E-state index in [1.165, 1.54) is 12.8 Å². The van der Waals surface area contributed by atoms with Crippen LogP contribution in [0.15, 0.2) is 42.7 Å². The highest BCUT2D eigenvalue weighted by molar-refractivity contribution is 5.94. The first-order valence-electron chi connectivity index (χ1n) is 8.39. The van der Waals surface area contributed by atoms with Crippen molar-refractivity contribution in [3.8, 4) is 0 Å². The minimum Gasteiger partial charge on any atom is -0.337 e. The summed E-state index contributed by atoms with van der Waals surface area (Å²) in [5.74, 6) is 1.62. The van der Waals surface area contributed by atoms with Gasteiger partial charge in [0.2, 0.25) is 5.95 Å². The third-order valence-electron chi connectivity index (χ3n) is 4.86. The van der Waals surface area contributed by atoms with Gasteiger partial charge < -0.3 is 16.0 Å². The molecule has 0 spiro atoms. The molecule has 1 aliphatic carbocycles. The smallest absolute Gasteiger partial charge is 0.257 e. The molecule has 1 saturated carbocycles. The maximum absolute atomic E-state index is 12.6. The second-order valence-corrected chi connectivity index (χ2v) is 6.66. The highest BCUT2D eigenvalue weighted by atomic mass is 16.2. The fraction of sp³-hybridized carbons (Fsp3) is 0.389. The van der Waals surface area contributed by atoms with Gasteiger partial charge in [0.15, 0.2) is 0 Å². The molecule has 1 aromatic heterocycles. The lowest BCUT2D eigenvalue weighted by atomic mass is 9.99. The van der Waals surface area contributed by atoms with Gasteiger partial charge in [0.1, 0.15) is 0 Å². The van der Waals surface area contributed by atoms with Gasteiger partial charge in [0.25, 0.3) is 5.91 Å². The lowest BCUT2D eigenvalue weighted by Gasteiger charge is -2.16. The molecule has 2 fully saturated rings. The first-order valence-corrected chi connectivity index (χ1v) is 8.39. The number of nitrogens with one attached hydrogen (secondary N) is 1. The summed E-state index contributed by atoms with van der Waals surface area (Å²) in [4.78, 5) is 23.0. The molecule has 3 N–H and O–H groups in total. The van der Waals surface area contributed by atoms with Crippen molar-refractivity contribution in [3.63, 3.8) is 0 Å². The SMILES string of the molecule is N[C@H]1CN(C(=O)c2cnc(Nc3ccccc3)nc2)C[C@@H]1C1CC1. The molecule has 2 aromatic rings. The van der Waals surface area contributed by atoms with Crippen LogP contribution in [0.3, 0.4) is 0 Å². The largest absolute Gasteiger partial charge is 0.337 e. The summed E-state index contributed by atoms with van der Waals surface area (Å²) in [5.41, 5.74) is 7.62. The van der Waals surface area contributed by atoms with Crippen molar-refractivity contribution in [2.24, 2.45) is 17.6 Å². The molecule has 2 heterocycles. The van der Waals surface area contributed by atoms with E-state index in [0.717, 1.165) is 12.2 Å². The minimum absolute atomic E-state index is 0.0279. The molecular formula is C18H21N5O. The molecular weight excluding hydrogens is 302 g/mol. The molecule has 2 atom stereocenters. The van der Waals surface area contributed by atoms with Crippen LogP contribution in [0.25, 0.3) is 0 Å². The molecule has 2 aliphatic rings. The van der Waals surface area contributed by atoms with E-state index in [9.17, 15) is 4.79 Å². The van der Waals surface area contributed by atoms with Crippen LogP contribution in [0.5, 0.6) is 0 Å². The molecule has 6 heteroatoms. The second-order valence-electron chi connectivity index (χ2n) is 6.66. The lowest BCUT2D eigenvalue weighted by molar-refractivity contribution is 0.0784. The zero-order valence-corrected chi connectivity index (χ0v) is 13.4. The van der Waals surface area contributed by atoms with E-state index in [1.54, 1.807) is 12.4 Å². The summed E-state index contributed by atoms with van der Waals surface area (Å²) < 4.78 is 0.